The molecule has 1 atom stereocenters. The van der Waals surface area contributed by atoms with Crippen LogP contribution < -0.4 is 11.1 Å². The Morgan fingerprint density at radius 1 is 1.56 bits per heavy atom. The van der Waals surface area contributed by atoms with Gasteiger partial charge in [-0.1, -0.05) is 17.7 Å². The van der Waals surface area contributed by atoms with E-state index < -0.39 is 5.91 Å². The number of nitrogens with one attached hydrogen (secondary N) is 1. The maximum atomic E-state index is 11.0. The van der Waals surface area contributed by atoms with E-state index in [1.54, 1.807) is 12.1 Å². The first-order valence-corrected chi connectivity index (χ1v) is 6.41. The molecule has 0 spiro atoms. The molecule has 1 heterocycles. The van der Waals surface area contributed by atoms with Crippen LogP contribution in [0.2, 0.25) is 5.02 Å². The molecule has 0 aliphatic carbocycles. The zero-order chi connectivity index (χ0) is 13.0. The SMILES string of the molecule is NC(=O)c1ccc(CNCC2CCOC2)c(Cl)c1. The summed E-state index contributed by atoms with van der Waals surface area (Å²) < 4.78 is 5.31. The third-order valence-electron chi connectivity index (χ3n) is 3.11. The molecule has 1 amide bonds. The molecule has 3 N–H and O–H groups in total. The predicted molar refractivity (Wildman–Crippen MR) is 70.6 cm³/mol. The number of hydrogen-bond donors (Lipinski definition) is 2. The molecule has 98 valence electrons. The van der Waals surface area contributed by atoms with Gasteiger partial charge in [0.15, 0.2) is 0 Å². The lowest BCUT2D eigenvalue weighted by molar-refractivity contribution is 0.100. The second kappa shape index (κ2) is 6.18. The highest BCUT2D eigenvalue weighted by atomic mass is 35.5. The molecule has 4 nitrogen and oxygen atoms in total. The molecule has 18 heavy (non-hydrogen) atoms. The summed E-state index contributed by atoms with van der Waals surface area (Å²) in [4.78, 5) is 11.0. The van der Waals surface area contributed by atoms with Gasteiger partial charge in [0, 0.05) is 30.3 Å². The fourth-order valence-corrected chi connectivity index (χ4v) is 2.25. The minimum atomic E-state index is -0.459. The number of carbonyl (C=O) groups excluding carboxylic acids is 1. The highest BCUT2D eigenvalue weighted by Gasteiger charge is 2.15. The van der Waals surface area contributed by atoms with Crippen molar-refractivity contribution in [3.63, 3.8) is 0 Å². The highest BCUT2D eigenvalue weighted by molar-refractivity contribution is 6.31. The summed E-state index contributed by atoms with van der Waals surface area (Å²) in [5.74, 6) is 0.133. The smallest absolute Gasteiger partial charge is 0.248 e. The number of benzene rings is 1. The van der Waals surface area contributed by atoms with Gasteiger partial charge < -0.3 is 15.8 Å². The normalized spacial score (nSPS) is 19.1. The molecule has 1 aliphatic heterocycles. The first kappa shape index (κ1) is 13.3. The lowest BCUT2D eigenvalue weighted by atomic mass is 10.1. The lowest BCUT2D eigenvalue weighted by Crippen LogP contribution is -2.22. The number of ether oxygens (including phenoxy) is 1. The maximum Gasteiger partial charge on any atom is 0.248 e. The largest absolute Gasteiger partial charge is 0.381 e. The summed E-state index contributed by atoms with van der Waals surface area (Å²) in [6.07, 6.45) is 1.11. The summed E-state index contributed by atoms with van der Waals surface area (Å²) in [6.45, 7) is 3.31. The Morgan fingerprint density at radius 3 is 3.00 bits per heavy atom. The summed E-state index contributed by atoms with van der Waals surface area (Å²) in [5.41, 5.74) is 6.60. The number of carbonyl (C=O) groups is 1. The van der Waals surface area contributed by atoms with Crippen LogP contribution in [-0.4, -0.2) is 25.7 Å². The molecule has 0 aromatic heterocycles. The highest BCUT2D eigenvalue weighted by Crippen LogP contribution is 2.18. The van der Waals surface area contributed by atoms with E-state index in [0.29, 0.717) is 23.0 Å². The van der Waals surface area contributed by atoms with Gasteiger partial charge in [0.25, 0.3) is 0 Å². The third kappa shape index (κ3) is 3.45. The molecular formula is C13H17ClN2O2. The van der Waals surface area contributed by atoms with Crippen LogP contribution in [0, 0.1) is 5.92 Å². The predicted octanol–water partition coefficient (Wildman–Crippen LogP) is 1.57. The summed E-state index contributed by atoms with van der Waals surface area (Å²) >= 11 is 6.10. The summed E-state index contributed by atoms with van der Waals surface area (Å²) in [5, 5.41) is 3.92. The fourth-order valence-electron chi connectivity index (χ4n) is 2.00. The van der Waals surface area contributed by atoms with Crippen molar-refractivity contribution in [1.82, 2.24) is 5.32 Å². The molecule has 1 fully saturated rings. The quantitative estimate of drug-likeness (QED) is 0.852. The van der Waals surface area contributed by atoms with Crippen molar-refractivity contribution in [2.45, 2.75) is 13.0 Å². The number of nitrogens with two attached hydrogens (primary N) is 1. The van der Waals surface area contributed by atoms with Gasteiger partial charge in [-0.15, -0.1) is 0 Å². The molecule has 5 heteroatoms. The first-order chi connectivity index (χ1) is 8.66. The Morgan fingerprint density at radius 2 is 2.39 bits per heavy atom. The Kier molecular flexibility index (Phi) is 4.58. The van der Waals surface area contributed by atoms with Crippen LogP contribution in [-0.2, 0) is 11.3 Å². The van der Waals surface area contributed by atoms with E-state index >= 15 is 0 Å². The van der Waals surface area contributed by atoms with Gasteiger partial charge in [0.2, 0.25) is 5.91 Å². The third-order valence-corrected chi connectivity index (χ3v) is 3.46. The van der Waals surface area contributed by atoms with Crippen LogP contribution in [0.4, 0.5) is 0 Å². The number of amides is 1. The van der Waals surface area contributed by atoms with Crippen LogP contribution in [0.25, 0.3) is 0 Å². The zero-order valence-electron chi connectivity index (χ0n) is 10.1. The second-order valence-corrected chi connectivity index (χ2v) is 4.94. The Hall–Kier alpha value is -1.10. The van der Waals surface area contributed by atoms with Crippen LogP contribution in [0.15, 0.2) is 18.2 Å². The standard InChI is InChI=1S/C13H17ClN2O2/c14-12-5-10(13(15)17)1-2-11(12)7-16-6-9-3-4-18-8-9/h1-2,5,9,16H,3-4,6-8H2,(H2,15,17). The van der Waals surface area contributed by atoms with Gasteiger partial charge >= 0.3 is 0 Å². The minimum Gasteiger partial charge on any atom is -0.381 e. The monoisotopic (exact) mass is 268 g/mol. The van der Waals surface area contributed by atoms with E-state index in [-0.39, 0.29) is 0 Å². The van der Waals surface area contributed by atoms with Gasteiger partial charge in [-0.25, -0.2) is 0 Å². The zero-order valence-corrected chi connectivity index (χ0v) is 10.9. The van der Waals surface area contributed by atoms with Gasteiger partial charge in [0.05, 0.1) is 6.61 Å². The van der Waals surface area contributed by atoms with Crippen molar-refractivity contribution < 1.29 is 9.53 Å². The van der Waals surface area contributed by atoms with E-state index in [9.17, 15) is 4.79 Å². The van der Waals surface area contributed by atoms with Crippen molar-refractivity contribution in [3.8, 4) is 0 Å². The summed E-state index contributed by atoms with van der Waals surface area (Å²) in [7, 11) is 0. The van der Waals surface area contributed by atoms with Crippen molar-refractivity contribution in [2.24, 2.45) is 11.7 Å². The van der Waals surface area contributed by atoms with E-state index in [1.807, 2.05) is 6.07 Å². The van der Waals surface area contributed by atoms with Crippen LogP contribution in [0.3, 0.4) is 0 Å². The number of halogens is 1. The Labute approximate surface area is 111 Å². The lowest BCUT2D eigenvalue weighted by Gasteiger charge is -2.10. The molecule has 1 saturated heterocycles. The Bertz CT molecular complexity index is 431. The van der Waals surface area contributed by atoms with Crippen LogP contribution >= 0.6 is 11.6 Å². The van der Waals surface area contributed by atoms with Crippen molar-refractivity contribution >= 4 is 17.5 Å². The molecule has 1 aromatic rings. The van der Waals surface area contributed by atoms with Gasteiger partial charge in [-0.05, 0) is 30.0 Å². The molecule has 1 unspecified atom stereocenters. The van der Waals surface area contributed by atoms with Gasteiger partial charge in [0.1, 0.15) is 0 Å². The first-order valence-electron chi connectivity index (χ1n) is 6.03. The summed E-state index contributed by atoms with van der Waals surface area (Å²) in [6, 6.07) is 5.14. The molecule has 0 bridgehead atoms. The van der Waals surface area contributed by atoms with E-state index in [0.717, 1.165) is 31.7 Å². The molecule has 2 rings (SSSR count). The Balaban J connectivity index is 1.87. The molecule has 0 saturated carbocycles. The average molecular weight is 269 g/mol. The number of hydrogen-bond acceptors (Lipinski definition) is 3. The fraction of sp³-hybridized carbons (Fsp3) is 0.462. The van der Waals surface area contributed by atoms with Gasteiger partial charge in [-0.3, -0.25) is 4.79 Å². The van der Waals surface area contributed by atoms with Crippen LogP contribution in [0.5, 0.6) is 0 Å². The average Bonchev–Trinajstić information content (AvgIpc) is 2.84. The van der Waals surface area contributed by atoms with Crippen molar-refractivity contribution in [2.75, 3.05) is 19.8 Å². The van der Waals surface area contributed by atoms with Gasteiger partial charge in [-0.2, -0.15) is 0 Å². The number of primary amides is 1. The molecule has 0 radical (unpaired) electrons. The topological polar surface area (TPSA) is 64.4 Å². The maximum absolute atomic E-state index is 11.0. The van der Waals surface area contributed by atoms with Crippen LogP contribution in [0.1, 0.15) is 22.3 Å². The van der Waals surface area contributed by atoms with Crippen molar-refractivity contribution in [1.29, 1.82) is 0 Å². The molecule has 1 aromatic carbocycles. The van der Waals surface area contributed by atoms with Crippen molar-refractivity contribution in [3.05, 3.63) is 34.3 Å². The minimum absolute atomic E-state index is 0.438. The van der Waals surface area contributed by atoms with E-state index in [2.05, 4.69) is 5.32 Å². The number of rotatable bonds is 5. The molecule has 1 aliphatic rings. The molecular weight excluding hydrogens is 252 g/mol. The van der Waals surface area contributed by atoms with E-state index in [1.165, 1.54) is 0 Å². The second-order valence-electron chi connectivity index (χ2n) is 4.53. The van der Waals surface area contributed by atoms with E-state index in [4.69, 9.17) is 22.1 Å².